The van der Waals surface area contributed by atoms with Crippen LogP contribution in [-0.2, 0) is 0 Å². The molecule has 0 aromatic heterocycles. The van der Waals surface area contributed by atoms with Gasteiger partial charge in [0, 0.05) is 25.0 Å². The van der Waals surface area contributed by atoms with Gasteiger partial charge < -0.3 is 9.80 Å². The van der Waals surface area contributed by atoms with Gasteiger partial charge in [-0.05, 0) is 51.6 Å². The first-order chi connectivity index (χ1) is 9.61. The Bertz CT molecular complexity index is 402. The lowest BCUT2D eigenvalue weighted by Gasteiger charge is -2.25. The molecule has 2 atom stereocenters. The zero-order valence-electron chi connectivity index (χ0n) is 13.3. The lowest BCUT2D eigenvalue weighted by molar-refractivity contribution is 0.263. The maximum atomic E-state index is 2.64. The summed E-state index contributed by atoms with van der Waals surface area (Å²) in [5, 5.41) is 0. The highest BCUT2D eigenvalue weighted by atomic mass is 32.2. The Balaban J connectivity index is 2.03. The minimum atomic E-state index is 0.645. The van der Waals surface area contributed by atoms with E-state index in [0.29, 0.717) is 12.0 Å². The van der Waals surface area contributed by atoms with Gasteiger partial charge in [0.25, 0.3) is 0 Å². The molecule has 0 amide bonds. The first kappa shape index (κ1) is 15.9. The molecule has 0 radical (unpaired) electrons. The van der Waals surface area contributed by atoms with E-state index in [1.54, 1.807) is 0 Å². The van der Waals surface area contributed by atoms with E-state index in [-0.39, 0.29) is 0 Å². The molecule has 1 fully saturated rings. The van der Waals surface area contributed by atoms with Gasteiger partial charge in [-0.15, -0.1) is 0 Å². The molecular weight excluding hydrogens is 264 g/mol. The Kier molecular flexibility index (Phi) is 5.94. The minimum absolute atomic E-state index is 0.645. The average Bonchev–Trinajstić information content (AvgIpc) is 2.84. The van der Waals surface area contributed by atoms with Crippen molar-refractivity contribution in [3.63, 3.8) is 0 Å². The Morgan fingerprint density at radius 2 is 1.90 bits per heavy atom. The van der Waals surface area contributed by atoms with Crippen LogP contribution in [0.5, 0.6) is 0 Å². The van der Waals surface area contributed by atoms with Crippen molar-refractivity contribution in [1.82, 2.24) is 9.80 Å². The fourth-order valence-electron chi connectivity index (χ4n) is 3.15. The molecule has 1 aromatic carbocycles. The third kappa shape index (κ3) is 4.00. The second-order valence-corrected chi connectivity index (χ2v) is 7.14. The van der Waals surface area contributed by atoms with E-state index >= 15 is 0 Å². The fourth-order valence-corrected chi connectivity index (χ4v) is 3.56. The van der Waals surface area contributed by atoms with Gasteiger partial charge in [-0.1, -0.05) is 29.8 Å². The summed E-state index contributed by atoms with van der Waals surface area (Å²) in [7, 11) is 4.44. The molecule has 0 N–H and O–H groups in total. The number of hydrogen-bond donors (Lipinski definition) is 0. The van der Waals surface area contributed by atoms with E-state index in [0.717, 1.165) is 0 Å². The predicted octanol–water partition coefficient (Wildman–Crippen LogP) is 3.08. The van der Waals surface area contributed by atoms with Gasteiger partial charge >= 0.3 is 0 Å². The molecule has 3 heteroatoms. The smallest absolute Gasteiger partial charge is 0.0298 e. The van der Waals surface area contributed by atoms with E-state index in [9.17, 15) is 0 Å². The second kappa shape index (κ2) is 7.48. The van der Waals surface area contributed by atoms with E-state index in [4.69, 9.17) is 0 Å². The topological polar surface area (TPSA) is 6.48 Å². The number of likely N-dealkylation sites (tertiary alicyclic amines) is 1. The summed E-state index contributed by atoms with van der Waals surface area (Å²) in [6, 6.07) is 9.78. The lowest BCUT2D eigenvalue weighted by Crippen LogP contribution is -2.34. The second-order valence-electron chi connectivity index (χ2n) is 6.15. The Hall–Kier alpha value is -0.510. The summed E-state index contributed by atoms with van der Waals surface area (Å²) < 4.78 is 0. The van der Waals surface area contributed by atoms with E-state index in [1.807, 2.05) is 11.8 Å². The maximum absolute atomic E-state index is 2.64. The highest BCUT2D eigenvalue weighted by Crippen LogP contribution is 2.30. The lowest BCUT2D eigenvalue weighted by atomic mass is 9.93. The summed E-state index contributed by atoms with van der Waals surface area (Å²) in [4.78, 5) is 5.05. The normalized spacial score (nSPS) is 23.6. The molecule has 1 aromatic rings. The van der Waals surface area contributed by atoms with Gasteiger partial charge in [-0.2, -0.15) is 11.8 Å². The Morgan fingerprint density at radius 3 is 2.50 bits per heavy atom. The number of likely N-dealkylation sites (N-methyl/N-ethyl adjacent to an activating group) is 1. The van der Waals surface area contributed by atoms with Crippen LogP contribution in [0.4, 0.5) is 0 Å². The van der Waals surface area contributed by atoms with Crippen LogP contribution in [0.1, 0.15) is 23.5 Å². The number of benzene rings is 1. The first-order valence-corrected chi connectivity index (χ1v) is 8.95. The van der Waals surface area contributed by atoms with Crippen LogP contribution in [0.15, 0.2) is 24.3 Å². The number of aryl methyl sites for hydroxylation is 1. The number of nitrogens with zero attached hydrogens (tertiary/aromatic N) is 2. The monoisotopic (exact) mass is 292 g/mol. The van der Waals surface area contributed by atoms with Crippen LogP contribution < -0.4 is 0 Å². The number of thioether (sulfide) groups is 1. The standard InChI is InChI=1S/C17H28N2S/c1-14-6-8-15(9-7-14)16-12-19(10-5-11-20-4)13-17(16)18(2)3/h6-9,16-17H,5,10-13H2,1-4H3/t16-,17+/m0/s1. The molecular formula is C17H28N2S. The van der Waals surface area contributed by atoms with Crippen molar-refractivity contribution in [2.45, 2.75) is 25.3 Å². The van der Waals surface area contributed by atoms with Crippen molar-refractivity contribution in [1.29, 1.82) is 0 Å². The third-order valence-electron chi connectivity index (χ3n) is 4.36. The fraction of sp³-hybridized carbons (Fsp3) is 0.647. The molecule has 0 bridgehead atoms. The zero-order valence-corrected chi connectivity index (χ0v) is 14.1. The van der Waals surface area contributed by atoms with Gasteiger partial charge in [0.2, 0.25) is 0 Å². The van der Waals surface area contributed by atoms with Gasteiger partial charge in [0.05, 0.1) is 0 Å². The molecule has 2 rings (SSSR count). The molecule has 2 nitrogen and oxygen atoms in total. The van der Waals surface area contributed by atoms with Crippen molar-refractivity contribution in [2.75, 3.05) is 45.7 Å². The van der Waals surface area contributed by atoms with Gasteiger partial charge in [-0.25, -0.2) is 0 Å². The van der Waals surface area contributed by atoms with Crippen molar-refractivity contribution in [2.24, 2.45) is 0 Å². The highest BCUT2D eigenvalue weighted by Gasteiger charge is 2.34. The average molecular weight is 292 g/mol. The van der Waals surface area contributed by atoms with E-state index in [1.165, 1.54) is 42.9 Å². The van der Waals surface area contributed by atoms with Crippen molar-refractivity contribution in [3.05, 3.63) is 35.4 Å². The summed E-state index contributed by atoms with van der Waals surface area (Å²) in [5.74, 6) is 1.93. The van der Waals surface area contributed by atoms with Crippen LogP contribution in [0, 0.1) is 6.92 Å². The molecule has 0 unspecified atom stereocenters. The SMILES string of the molecule is CSCCCN1C[C@@H](N(C)C)[C@H](c2ccc(C)cc2)C1. The van der Waals surface area contributed by atoms with Crippen molar-refractivity contribution >= 4 is 11.8 Å². The predicted molar refractivity (Wildman–Crippen MR) is 90.8 cm³/mol. The number of rotatable bonds is 6. The molecule has 0 spiro atoms. The van der Waals surface area contributed by atoms with Gasteiger partial charge in [0.15, 0.2) is 0 Å². The molecule has 1 aliphatic heterocycles. The zero-order chi connectivity index (χ0) is 14.5. The Morgan fingerprint density at radius 1 is 1.20 bits per heavy atom. The van der Waals surface area contributed by atoms with Crippen LogP contribution >= 0.6 is 11.8 Å². The van der Waals surface area contributed by atoms with E-state index < -0.39 is 0 Å². The molecule has 20 heavy (non-hydrogen) atoms. The van der Waals surface area contributed by atoms with Crippen LogP contribution in [0.2, 0.25) is 0 Å². The molecule has 0 aliphatic carbocycles. The van der Waals surface area contributed by atoms with Gasteiger partial charge in [-0.3, -0.25) is 0 Å². The van der Waals surface area contributed by atoms with Crippen molar-refractivity contribution < 1.29 is 0 Å². The number of hydrogen-bond acceptors (Lipinski definition) is 3. The molecule has 112 valence electrons. The molecule has 0 saturated carbocycles. The summed E-state index contributed by atoms with van der Waals surface area (Å²) in [6.45, 7) is 5.82. The van der Waals surface area contributed by atoms with E-state index in [2.05, 4.69) is 61.3 Å². The van der Waals surface area contributed by atoms with Crippen molar-refractivity contribution in [3.8, 4) is 0 Å². The molecule has 1 heterocycles. The largest absolute Gasteiger partial charge is 0.305 e. The highest BCUT2D eigenvalue weighted by molar-refractivity contribution is 7.98. The molecule has 1 saturated heterocycles. The minimum Gasteiger partial charge on any atom is -0.305 e. The Labute approximate surface area is 128 Å². The maximum Gasteiger partial charge on any atom is 0.0298 e. The van der Waals surface area contributed by atoms with Gasteiger partial charge in [0.1, 0.15) is 0 Å². The summed E-state index contributed by atoms with van der Waals surface area (Å²) in [5.41, 5.74) is 2.85. The quantitative estimate of drug-likeness (QED) is 0.744. The third-order valence-corrected chi connectivity index (χ3v) is 5.05. The summed E-state index contributed by atoms with van der Waals surface area (Å²) in [6.07, 6.45) is 3.50. The van der Waals surface area contributed by atoms with Crippen LogP contribution in [-0.4, -0.2) is 61.6 Å². The molecule has 1 aliphatic rings. The summed E-state index contributed by atoms with van der Waals surface area (Å²) >= 11 is 1.95. The van der Waals surface area contributed by atoms with Crippen LogP contribution in [0.3, 0.4) is 0 Å². The van der Waals surface area contributed by atoms with Crippen LogP contribution in [0.25, 0.3) is 0 Å². The first-order valence-electron chi connectivity index (χ1n) is 7.56.